The van der Waals surface area contributed by atoms with Gasteiger partial charge in [0, 0.05) is 11.4 Å². The summed E-state index contributed by atoms with van der Waals surface area (Å²) >= 11 is 0. The number of carbonyl (C=O) groups excluding carboxylic acids is 1. The zero-order chi connectivity index (χ0) is 20.4. The van der Waals surface area contributed by atoms with Crippen molar-refractivity contribution < 1.29 is 19.4 Å². The van der Waals surface area contributed by atoms with E-state index in [1.807, 2.05) is 49.4 Å². The van der Waals surface area contributed by atoms with Crippen LogP contribution in [0, 0.1) is 6.92 Å². The molecule has 6 heteroatoms. The number of fused-ring (bicyclic) bond motifs is 1. The van der Waals surface area contributed by atoms with Crippen molar-refractivity contribution in [2.24, 2.45) is 0 Å². The summed E-state index contributed by atoms with van der Waals surface area (Å²) in [5.41, 5.74) is 4.18. The van der Waals surface area contributed by atoms with E-state index in [2.05, 4.69) is 5.32 Å². The normalized spacial score (nSPS) is 15.4. The molecule has 146 valence electrons. The molecule has 4 rings (SSSR count). The van der Waals surface area contributed by atoms with E-state index in [9.17, 15) is 9.59 Å². The van der Waals surface area contributed by atoms with E-state index in [-0.39, 0.29) is 12.1 Å². The average molecular weight is 388 g/mol. The van der Waals surface area contributed by atoms with Gasteiger partial charge in [-0.15, -0.1) is 0 Å². The molecule has 1 atom stereocenters. The minimum atomic E-state index is -1.04. The molecule has 6 nitrogen and oxygen atoms in total. The van der Waals surface area contributed by atoms with Crippen LogP contribution in [0.4, 0.5) is 11.4 Å². The number of ether oxygens (including phenoxy) is 1. The Bertz CT molecular complexity index is 1050. The van der Waals surface area contributed by atoms with Gasteiger partial charge in [0.25, 0.3) is 5.91 Å². The van der Waals surface area contributed by atoms with Crippen LogP contribution in [0.2, 0.25) is 0 Å². The molecule has 29 heavy (non-hydrogen) atoms. The van der Waals surface area contributed by atoms with Gasteiger partial charge in [-0.05, 0) is 48.9 Å². The van der Waals surface area contributed by atoms with Gasteiger partial charge < -0.3 is 15.2 Å². The van der Waals surface area contributed by atoms with Gasteiger partial charge in [-0.1, -0.05) is 42.0 Å². The number of hydrogen-bond donors (Lipinski definition) is 2. The topological polar surface area (TPSA) is 78.9 Å². The first kappa shape index (κ1) is 18.6. The van der Waals surface area contributed by atoms with E-state index in [4.69, 9.17) is 9.84 Å². The Hall–Kier alpha value is -3.80. The maximum absolute atomic E-state index is 13.3. The maximum atomic E-state index is 13.3. The van der Waals surface area contributed by atoms with Crippen molar-refractivity contribution in [3.63, 3.8) is 0 Å². The molecule has 0 saturated heterocycles. The smallest absolute Gasteiger partial charge is 0.341 e. The van der Waals surface area contributed by atoms with Crippen molar-refractivity contribution in [2.45, 2.75) is 13.1 Å². The Morgan fingerprint density at radius 2 is 1.72 bits per heavy atom. The molecule has 0 spiro atoms. The summed E-state index contributed by atoms with van der Waals surface area (Å²) in [5.74, 6) is -0.717. The van der Waals surface area contributed by atoms with E-state index in [0.29, 0.717) is 17.0 Å². The number of para-hydroxylation sites is 1. The van der Waals surface area contributed by atoms with Crippen molar-refractivity contribution in [1.29, 1.82) is 0 Å². The summed E-state index contributed by atoms with van der Waals surface area (Å²) in [6, 6.07) is 22.3. The number of aryl methyl sites for hydroxylation is 1. The molecule has 3 aromatic carbocycles. The van der Waals surface area contributed by atoms with Gasteiger partial charge in [0.15, 0.2) is 6.61 Å². The lowest BCUT2D eigenvalue weighted by Gasteiger charge is -2.38. The molecular formula is C23H20N2O4. The van der Waals surface area contributed by atoms with Gasteiger partial charge >= 0.3 is 5.97 Å². The van der Waals surface area contributed by atoms with Crippen LogP contribution in [-0.2, 0) is 4.79 Å². The number of nitrogens with one attached hydrogen (secondary N) is 1. The second-order valence-corrected chi connectivity index (χ2v) is 6.85. The number of nitrogens with zero attached hydrogens (tertiary/aromatic N) is 1. The van der Waals surface area contributed by atoms with E-state index >= 15 is 0 Å². The number of carbonyl (C=O) groups is 2. The lowest BCUT2D eigenvalue weighted by Crippen LogP contribution is -2.43. The number of carboxylic acids is 1. The highest BCUT2D eigenvalue weighted by molar-refractivity contribution is 6.12. The van der Waals surface area contributed by atoms with Crippen LogP contribution in [-0.4, -0.2) is 23.6 Å². The number of amides is 1. The summed E-state index contributed by atoms with van der Waals surface area (Å²) in [6.07, 6.45) is -0.371. The predicted octanol–water partition coefficient (Wildman–Crippen LogP) is 4.23. The van der Waals surface area contributed by atoms with Crippen molar-refractivity contribution in [1.82, 2.24) is 0 Å². The minimum Gasteiger partial charge on any atom is -0.482 e. The SMILES string of the molecule is Cc1ccc([C@@H]2Nc3ccccc3C(=O)N2c2ccc(OCC(=O)O)cc2)cc1. The highest BCUT2D eigenvalue weighted by atomic mass is 16.5. The lowest BCUT2D eigenvalue weighted by molar-refractivity contribution is -0.139. The number of hydrogen-bond acceptors (Lipinski definition) is 4. The second-order valence-electron chi connectivity index (χ2n) is 6.85. The first-order chi connectivity index (χ1) is 14.0. The van der Waals surface area contributed by atoms with Gasteiger partial charge in [-0.2, -0.15) is 0 Å². The van der Waals surface area contributed by atoms with E-state index in [1.165, 1.54) is 0 Å². The van der Waals surface area contributed by atoms with Gasteiger partial charge in [0.1, 0.15) is 11.9 Å². The summed E-state index contributed by atoms with van der Waals surface area (Å²) in [4.78, 5) is 25.7. The second kappa shape index (κ2) is 7.67. The predicted molar refractivity (Wildman–Crippen MR) is 110 cm³/mol. The number of rotatable bonds is 5. The molecule has 0 saturated carbocycles. The van der Waals surface area contributed by atoms with E-state index in [0.717, 1.165) is 16.8 Å². The molecule has 0 unspecified atom stereocenters. The molecule has 0 aliphatic carbocycles. The first-order valence-electron chi connectivity index (χ1n) is 9.23. The lowest BCUT2D eigenvalue weighted by atomic mass is 10.0. The highest BCUT2D eigenvalue weighted by Gasteiger charge is 2.33. The van der Waals surface area contributed by atoms with Crippen molar-refractivity contribution in [3.8, 4) is 5.75 Å². The Morgan fingerprint density at radius 1 is 1.03 bits per heavy atom. The standard InChI is InChI=1S/C23H20N2O4/c1-15-6-8-16(9-7-15)22-24-20-5-3-2-4-19(20)23(28)25(22)17-10-12-18(13-11-17)29-14-21(26)27/h2-13,22,24H,14H2,1H3,(H,26,27)/t22-/m1/s1. The third-order valence-corrected chi connectivity index (χ3v) is 4.80. The average Bonchev–Trinajstić information content (AvgIpc) is 2.73. The molecular weight excluding hydrogens is 368 g/mol. The van der Waals surface area contributed by atoms with Crippen LogP contribution in [0.3, 0.4) is 0 Å². The Balaban J connectivity index is 1.72. The fraction of sp³-hybridized carbons (Fsp3) is 0.130. The van der Waals surface area contributed by atoms with Crippen molar-refractivity contribution in [3.05, 3.63) is 89.5 Å². The fourth-order valence-electron chi connectivity index (χ4n) is 3.35. The van der Waals surface area contributed by atoms with Gasteiger partial charge in [0.05, 0.1) is 5.56 Å². The van der Waals surface area contributed by atoms with Crippen LogP contribution in [0.25, 0.3) is 0 Å². The Kier molecular flexibility index (Phi) is 4.91. The molecule has 0 aromatic heterocycles. The van der Waals surface area contributed by atoms with Crippen LogP contribution in [0.15, 0.2) is 72.8 Å². The van der Waals surface area contributed by atoms with Crippen molar-refractivity contribution >= 4 is 23.3 Å². The van der Waals surface area contributed by atoms with Crippen LogP contribution in [0.5, 0.6) is 5.75 Å². The quantitative estimate of drug-likeness (QED) is 0.684. The van der Waals surface area contributed by atoms with Gasteiger partial charge in [0.2, 0.25) is 0 Å². The summed E-state index contributed by atoms with van der Waals surface area (Å²) in [5, 5.41) is 12.2. The summed E-state index contributed by atoms with van der Waals surface area (Å²) in [6.45, 7) is 1.61. The van der Waals surface area contributed by atoms with Gasteiger partial charge in [-0.25, -0.2) is 4.79 Å². The maximum Gasteiger partial charge on any atom is 0.341 e. The molecule has 1 aliphatic heterocycles. The number of anilines is 2. The number of benzene rings is 3. The number of aliphatic carboxylic acids is 1. The summed E-state index contributed by atoms with van der Waals surface area (Å²) < 4.78 is 5.20. The third-order valence-electron chi connectivity index (χ3n) is 4.80. The molecule has 1 amide bonds. The monoisotopic (exact) mass is 388 g/mol. The Labute approximate surface area is 168 Å². The molecule has 1 aliphatic rings. The molecule has 3 aromatic rings. The van der Waals surface area contributed by atoms with Crippen LogP contribution < -0.4 is 15.0 Å². The van der Waals surface area contributed by atoms with Crippen LogP contribution in [0.1, 0.15) is 27.7 Å². The molecule has 0 fully saturated rings. The molecule has 2 N–H and O–H groups in total. The molecule has 0 radical (unpaired) electrons. The Morgan fingerprint density at radius 3 is 2.41 bits per heavy atom. The minimum absolute atomic E-state index is 0.107. The molecule has 1 heterocycles. The van der Waals surface area contributed by atoms with E-state index < -0.39 is 12.6 Å². The first-order valence-corrected chi connectivity index (χ1v) is 9.23. The zero-order valence-electron chi connectivity index (χ0n) is 15.8. The largest absolute Gasteiger partial charge is 0.482 e. The fourth-order valence-corrected chi connectivity index (χ4v) is 3.35. The summed E-state index contributed by atoms with van der Waals surface area (Å²) in [7, 11) is 0. The zero-order valence-corrected chi connectivity index (χ0v) is 15.8. The molecule has 0 bridgehead atoms. The van der Waals surface area contributed by atoms with Gasteiger partial charge in [-0.3, -0.25) is 9.69 Å². The van der Waals surface area contributed by atoms with Crippen molar-refractivity contribution in [2.75, 3.05) is 16.8 Å². The third kappa shape index (κ3) is 3.78. The highest BCUT2D eigenvalue weighted by Crippen LogP contribution is 2.37. The van der Waals surface area contributed by atoms with Crippen LogP contribution >= 0.6 is 0 Å². The van der Waals surface area contributed by atoms with E-state index in [1.54, 1.807) is 35.2 Å². The number of carboxylic acid groups (broad SMARTS) is 1.